The molecule has 2 aromatic rings. The molecule has 2 aliphatic heterocycles. The van der Waals surface area contributed by atoms with E-state index in [9.17, 15) is 9.59 Å². The average molecular weight is 380 g/mol. The third-order valence-electron chi connectivity index (χ3n) is 5.92. The van der Waals surface area contributed by atoms with Crippen molar-refractivity contribution >= 4 is 17.5 Å². The van der Waals surface area contributed by atoms with Crippen LogP contribution >= 0.6 is 0 Å². The summed E-state index contributed by atoms with van der Waals surface area (Å²) in [4.78, 5) is 32.8. The Kier molecular flexibility index (Phi) is 5.46. The highest BCUT2D eigenvalue weighted by molar-refractivity contribution is 6.05. The molecule has 6 heteroatoms. The minimum atomic E-state index is -0.235. The number of piperidine rings is 1. The summed E-state index contributed by atoms with van der Waals surface area (Å²) in [5.74, 6) is 0.184. The van der Waals surface area contributed by atoms with Gasteiger partial charge in [0.15, 0.2) is 11.5 Å². The third-order valence-corrected chi connectivity index (χ3v) is 5.92. The van der Waals surface area contributed by atoms with Crippen LogP contribution in [0, 0.1) is 0 Å². The molecule has 0 saturated carbocycles. The number of carbonyl (C=O) groups is 2. The molecule has 0 bridgehead atoms. The van der Waals surface area contributed by atoms with Gasteiger partial charge in [0.1, 0.15) is 0 Å². The van der Waals surface area contributed by atoms with Crippen molar-refractivity contribution in [2.45, 2.75) is 64.5 Å². The van der Waals surface area contributed by atoms with Crippen molar-refractivity contribution in [2.24, 2.45) is 0 Å². The number of hydrogen-bond donors (Lipinski definition) is 1. The molecule has 148 valence electrons. The van der Waals surface area contributed by atoms with Crippen LogP contribution in [0.3, 0.4) is 0 Å². The van der Waals surface area contributed by atoms with Crippen LogP contribution < -0.4 is 5.32 Å². The first-order valence-electron chi connectivity index (χ1n) is 10.5. The Hall–Kier alpha value is -2.63. The Morgan fingerprint density at radius 3 is 2.68 bits per heavy atom. The standard InChI is InChI=1S/C22H28N4O2/c1-2-17-12-6-8-14-25(17)22(28)20-24-19(18-13-7-9-15-26(18)20)21(27)23-16-10-4-3-5-11-16/h3-5,10-11,17H,2,6-9,12-15H2,1H3,(H,23,27). The number of likely N-dealkylation sites (tertiary alicyclic amines) is 1. The normalized spacial score (nSPS) is 19.2. The maximum absolute atomic E-state index is 13.3. The first kappa shape index (κ1) is 18.7. The summed E-state index contributed by atoms with van der Waals surface area (Å²) in [5, 5.41) is 2.92. The van der Waals surface area contributed by atoms with Crippen molar-refractivity contribution in [3.8, 4) is 0 Å². The summed E-state index contributed by atoms with van der Waals surface area (Å²) in [6.45, 7) is 3.67. The molecule has 1 atom stereocenters. The fraction of sp³-hybridized carbons (Fsp3) is 0.500. The Bertz CT molecular complexity index is 859. The molecule has 1 aromatic heterocycles. The predicted octanol–water partition coefficient (Wildman–Crippen LogP) is 3.88. The number of nitrogens with zero attached hydrogens (tertiary/aromatic N) is 3. The molecule has 0 radical (unpaired) electrons. The van der Waals surface area contributed by atoms with E-state index in [-0.39, 0.29) is 17.9 Å². The van der Waals surface area contributed by atoms with E-state index in [0.29, 0.717) is 11.5 Å². The Morgan fingerprint density at radius 1 is 1.11 bits per heavy atom. The van der Waals surface area contributed by atoms with Crippen LogP contribution in [0.2, 0.25) is 0 Å². The highest BCUT2D eigenvalue weighted by Crippen LogP contribution is 2.26. The highest BCUT2D eigenvalue weighted by Gasteiger charge is 2.33. The van der Waals surface area contributed by atoms with Crippen LogP contribution in [0.4, 0.5) is 5.69 Å². The summed E-state index contributed by atoms with van der Waals surface area (Å²) in [7, 11) is 0. The zero-order valence-corrected chi connectivity index (χ0v) is 16.5. The fourth-order valence-electron chi connectivity index (χ4n) is 4.42. The van der Waals surface area contributed by atoms with Gasteiger partial charge in [-0.15, -0.1) is 0 Å². The monoisotopic (exact) mass is 380 g/mol. The van der Waals surface area contributed by atoms with Gasteiger partial charge in [0.05, 0.1) is 5.69 Å². The molecule has 0 spiro atoms. The van der Waals surface area contributed by atoms with Gasteiger partial charge in [-0.2, -0.15) is 0 Å². The fourth-order valence-corrected chi connectivity index (χ4v) is 4.42. The van der Waals surface area contributed by atoms with E-state index in [0.717, 1.165) is 63.0 Å². The van der Waals surface area contributed by atoms with E-state index in [1.807, 2.05) is 39.8 Å². The second-order valence-electron chi connectivity index (χ2n) is 7.72. The van der Waals surface area contributed by atoms with Gasteiger partial charge >= 0.3 is 0 Å². The highest BCUT2D eigenvalue weighted by atomic mass is 16.2. The predicted molar refractivity (Wildman–Crippen MR) is 109 cm³/mol. The van der Waals surface area contributed by atoms with Gasteiger partial charge in [-0.1, -0.05) is 25.1 Å². The molecule has 3 heterocycles. The Balaban J connectivity index is 1.65. The van der Waals surface area contributed by atoms with Crippen molar-refractivity contribution in [3.63, 3.8) is 0 Å². The van der Waals surface area contributed by atoms with Crippen molar-refractivity contribution in [3.05, 3.63) is 47.5 Å². The van der Waals surface area contributed by atoms with Crippen LogP contribution in [-0.2, 0) is 13.0 Å². The molecule has 1 fully saturated rings. The number of benzene rings is 1. The minimum absolute atomic E-state index is 0.0199. The third kappa shape index (κ3) is 3.55. The van der Waals surface area contributed by atoms with Crippen molar-refractivity contribution in [1.82, 2.24) is 14.5 Å². The molecule has 0 aliphatic carbocycles. The second kappa shape index (κ2) is 8.17. The molecular formula is C22H28N4O2. The lowest BCUT2D eigenvalue weighted by Crippen LogP contribution is -2.44. The molecule has 2 amide bonds. The van der Waals surface area contributed by atoms with Gasteiger partial charge in [-0.3, -0.25) is 9.59 Å². The summed E-state index contributed by atoms with van der Waals surface area (Å²) in [5.41, 5.74) is 2.03. The van der Waals surface area contributed by atoms with Crippen LogP contribution in [0.25, 0.3) is 0 Å². The topological polar surface area (TPSA) is 67.2 Å². The maximum Gasteiger partial charge on any atom is 0.290 e. The van der Waals surface area contributed by atoms with Gasteiger partial charge in [0.25, 0.3) is 11.8 Å². The van der Waals surface area contributed by atoms with Crippen LogP contribution in [0.15, 0.2) is 30.3 Å². The van der Waals surface area contributed by atoms with Crippen LogP contribution in [0.1, 0.15) is 72.3 Å². The lowest BCUT2D eigenvalue weighted by Gasteiger charge is -2.35. The molecule has 4 rings (SSSR count). The second-order valence-corrected chi connectivity index (χ2v) is 7.72. The summed E-state index contributed by atoms with van der Waals surface area (Å²) < 4.78 is 1.99. The maximum atomic E-state index is 13.3. The summed E-state index contributed by atoms with van der Waals surface area (Å²) >= 11 is 0. The van der Waals surface area contributed by atoms with Gasteiger partial charge in [-0.05, 0) is 57.1 Å². The number of nitrogens with one attached hydrogen (secondary N) is 1. The number of carbonyl (C=O) groups excluding carboxylic acids is 2. The van der Waals surface area contributed by atoms with E-state index in [1.54, 1.807) is 0 Å². The number of rotatable bonds is 4. The molecule has 1 aromatic carbocycles. The summed E-state index contributed by atoms with van der Waals surface area (Å²) in [6, 6.07) is 9.66. The zero-order valence-electron chi connectivity index (χ0n) is 16.5. The van der Waals surface area contributed by atoms with Crippen LogP contribution in [-0.4, -0.2) is 38.9 Å². The number of anilines is 1. The van der Waals surface area contributed by atoms with Crippen LogP contribution in [0.5, 0.6) is 0 Å². The molecule has 28 heavy (non-hydrogen) atoms. The molecular weight excluding hydrogens is 352 g/mol. The number of hydrogen-bond acceptors (Lipinski definition) is 3. The van der Waals surface area contributed by atoms with Gasteiger partial charge in [0.2, 0.25) is 0 Å². The van der Waals surface area contributed by atoms with Gasteiger partial charge in [-0.25, -0.2) is 4.98 Å². The SMILES string of the molecule is CCC1CCCCN1C(=O)c1nc(C(=O)Nc2ccccc2)c2n1CCCC2. The summed E-state index contributed by atoms with van der Waals surface area (Å²) in [6.07, 6.45) is 7.05. The number of imidazole rings is 1. The van der Waals surface area contributed by atoms with Crippen molar-refractivity contribution in [2.75, 3.05) is 11.9 Å². The Morgan fingerprint density at radius 2 is 1.89 bits per heavy atom. The van der Waals surface area contributed by atoms with Gasteiger partial charge in [0, 0.05) is 24.8 Å². The van der Waals surface area contributed by atoms with Gasteiger partial charge < -0.3 is 14.8 Å². The number of amides is 2. The Labute approximate surface area is 165 Å². The van der Waals surface area contributed by atoms with Crippen molar-refractivity contribution < 1.29 is 9.59 Å². The quantitative estimate of drug-likeness (QED) is 0.875. The molecule has 6 nitrogen and oxygen atoms in total. The minimum Gasteiger partial charge on any atom is -0.333 e. The number of fused-ring (bicyclic) bond motifs is 1. The van der Waals surface area contributed by atoms with E-state index >= 15 is 0 Å². The molecule has 1 saturated heterocycles. The van der Waals surface area contributed by atoms with E-state index in [2.05, 4.69) is 17.2 Å². The molecule has 1 unspecified atom stereocenters. The lowest BCUT2D eigenvalue weighted by atomic mass is 10.00. The molecule has 1 N–H and O–H groups in total. The number of aromatic nitrogens is 2. The van der Waals surface area contributed by atoms with E-state index in [4.69, 9.17) is 0 Å². The van der Waals surface area contributed by atoms with E-state index < -0.39 is 0 Å². The van der Waals surface area contributed by atoms with E-state index in [1.165, 1.54) is 6.42 Å². The van der Waals surface area contributed by atoms with Crippen molar-refractivity contribution in [1.29, 1.82) is 0 Å². The smallest absolute Gasteiger partial charge is 0.290 e. The molecule has 2 aliphatic rings. The lowest BCUT2D eigenvalue weighted by molar-refractivity contribution is 0.0589. The zero-order chi connectivity index (χ0) is 19.5. The first-order chi connectivity index (χ1) is 13.7. The average Bonchev–Trinajstić information content (AvgIpc) is 3.14. The largest absolute Gasteiger partial charge is 0.333 e. The number of para-hydroxylation sites is 1. The first-order valence-corrected chi connectivity index (χ1v) is 10.5.